The molecule has 1 saturated heterocycles. The van der Waals surface area contributed by atoms with Crippen molar-refractivity contribution in [3.8, 4) is 0 Å². The second-order valence-electron chi connectivity index (χ2n) is 5.47. The van der Waals surface area contributed by atoms with Gasteiger partial charge in [0.25, 0.3) is 0 Å². The summed E-state index contributed by atoms with van der Waals surface area (Å²) in [6, 6.07) is 10.3. The molecule has 1 aliphatic heterocycles. The Hall–Kier alpha value is -1.35. The lowest BCUT2D eigenvalue weighted by molar-refractivity contribution is -0.118. The highest BCUT2D eigenvalue weighted by atomic mass is 16.1. The lowest BCUT2D eigenvalue weighted by Crippen LogP contribution is -2.31. The van der Waals surface area contributed by atoms with E-state index in [1.165, 1.54) is 37.9 Å². The molecule has 0 bridgehead atoms. The summed E-state index contributed by atoms with van der Waals surface area (Å²) in [4.78, 5) is 13.8. The van der Waals surface area contributed by atoms with Gasteiger partial charge in [0.2, 0.25) is 5.91 Å². The number of benzene rings is 1. The van der Waals surface area contributed by atoms with Crippen LogP contribution in [0.2, 0.25) is 0 Å². The van der Waals surface area contributed by atoms with E-state index < -0.39 is 0 Å². The molecule has 1 fully saturated rings. The zero-order chi connectivity index (χ0) is 13.5. The molecule has 3 heteroatoms. The van der Waals surface area contributed by atoms with Crippen molar-refractivity contribution in [1.82, 2.24) is 4.90 Å². The molecule has 104 valence electrons. The molecular formula is C16H24N2O. The van der Waals surface area contributed by atoms with Gasteiger partial charge in [-0.3, -0.25) is 4.79 Å². The van der Waals surface area contributed by atoms with Crippen LogP contribution in [0.4, 0.5) is 0 Å². The van der Waals surface area contributed by atoms with Crippen molar-refractivity contribution in [3.63, 3.8) is 0 Å². The minimum absolute atomic E-state index is 0.201. The van der Waals surface area contributed by atoms with Crippen molar-refractivity contribution in [3.05, 3.63) is 35.9 Å². The van der Waals surface area contributed by atoms with Gasteiger partial charge in [-0.1, -0.05) is 36.8 Å². The largest absolute Gasteiger partial charge is 0.370 e. The van der Waals surface area contributed by atoms with E-state index in [4.69, 9.17) is 5.73 Å². The van der Waals surface area contributed by atoms with Crippen LogP contribution in [0.3, 0.4) is 0 Å². The monoisotopic (exact) mass is 260 g/mol. The van der Waals surface area contributed by atoms with E-state index in [0.717, 1.165) is 13.0 Å². The van der Waals surface area contributed by atoms with Gasteiger partial charge in [-0.05, 0) is 50.4 Å². The van der Waals surface area contributed by atoms with Crippen molar-refractivity contribution >= 4 is 5.91 Å². The standard InChI is InChI=1S/C16H24N2O/c17-16(19)13-15(14-7-3-1-4-8-14)9-12-18-10-5-2-6-11-18/h1,3-4,7-8,15H,2,5-6,9-13H2,(H2,17,19). The highest BCUT2D eigenvalue weighted by molar-refractivity contribution is 5.74. The van der Waals surface area contributed by atoms with Gasteiger partial charge in [0.1, 0.15) is 0 Å². The Morgan fingerprint density at radius 1 is 1.16 bits per heavy atom. The molecule has 2 N–H and O–H groups in total. The molecule has 1 aliphatic rings. The van der Waals surface area contributed by atoms with Gasteiger partial charge in [0.15, 0.2) is 0 Å². The van der Waals surface area contributed by atoms with Crippen LogP contribution < -0.4 is 5.73 Å². The first-order chi connectivity index (χ1) is 9.25. The molecule has 1 heterocycles. The van der Waals surface area contributed by atoms with Crippen LogP contribution in [0.5, 0.6) is 0 Å². The quantitative estimate of drug-likeness (QED) is 0.854. The number of amides is 1. The number of rotatable bonds is 6. The highest BCUT2D eigenvalue weighted by Crippen LogP contribution is 2.24. The molecule has 1 aromatic rings. The second-order valence-corrected chi connectivity index (χ2v) is 5.47. The number of nitrogens with two attached hydrogens (primary N) is 1. The average Bonchev–Trinajstić information content (AvgIpc) is 2.45. The first kappa shape index (κ1) is 14.1. The molecular weight excluding hydrogens is 236 g/mol. The third-order valence-electron chi connectivity index (χ3n) is 3.96. The summed E-state index contributed by atoms with van der Waals surface area (Å²) < 4.78 is 0. The first-order valence-corrected chi connectivity index (χ1v) is 7.31. The normalized spacial score (nSPS) is 18.1. The lowest BCUT2D eigenvalue weighted by atomic mass is 9.92. The minimum atomic E-state index is -0.201. The first-order valence-electron chi connectivity index (χ1n) is 7.31. The Labute approximate surface area is 115 Å². The van der Waals surface area contributed by atoms with Gasteiger partial charge >= 0.3 is 0 Å². The van der Waals surface area contributed by atoms with Crippen LogP contribution >= 0.6 is 0 Å². The summed E-state index contributed by atoms with van der Waals surface area (Å²) in [5.41, 5.74) is 6.62. The maximum absolute atomic E-state index is 11.2. The third kappa shape index (κ3) is 4.67. The van der Waals surface area contributed by atoms with Crippen LogP contribution in [0.15, 0.2) is 30.3 Å². The van der Waals surface area contributed by atoms with Crippen LogP contribution in [-0.4, -0.2) is 30.4 Å². The van der Waals surface area contributed by atoms with Gasteiger partial charge in [0, 0.05) is 6.42 Å². The van der Waals surface area contributed by atoms with Gasteiger partial charge in [0.05, 0.1) is 0 Å². The van der Waals surface area contributed by atoms with Gasteiger partial charge in [-0.25, -0.2) is 0 Å². The number of hydrogen-bond acceptors (Lipinski definition) is 2. The van der Waals surface area contributed by atoms with E-state index in [0.29, 0.717) is 6.42 Å². The molecule has 2 rings (SSSR count). The van der Waals surface area contributed by atoms with Crippen molar-refractivity contribution < 1.29 is 4.79 Å². The zero-order valence-corrected chi connectivity index (χ0v) is 11.6. The Morgan fingerprint density at radius 2 is 1.84 bits per heavy atom. The lowest BCUT2D eigenvalue weighted by Gasteiger charge is -2.28. The van der Waals surface area contributed by atoms with Crippen LogP contribution in [0.25, 0.3) is 0 Å². The Balaban J connectivity index is 1.92. The SMILES string of the molecule is NC(=O)CC(CCN1CCCCC1)c1ccccc1. The van der Waals surface area contributed by atoms with E-state index in [1.54, 1.807) is 0 Å². The topological polar surface area (TPSA) is 46.3 Å². The molecule has 1 unspecified atom stereocenters. The zero-order valence-electron chi connectivity index (χ0n) is 11.6. The van der Waals surface area contributed by atoms with Gasteiger partial charge in [-0.2, -0.15) is 0 Å². The Bertz CT molecular complexity index is 385. The Kier molecular flexibility index (Phi) is 5.40. The van der Waals surface area contributed by atoms with Crippen LogP contribution in [0.1, 0.15) is 43.6 Å². The minimum Gasteiger partial charge on any atom is -0.370 e. The van der Waals surface area contributed by atoms with E-state index in [9.17, 15) is 4.79 Å². The van der Waals surface area contributed by atoms with Crippen molar-refractivity contribution in [2.24, 2.45) is 5.73 Å². The molecule has 1 atom stereocenters. The maximum atomic E-state index is 11.2. The van der Waals surface area contributed by atoms with Crippen LogP contribution in [-0.2, 0) is 4.79 Å². The van der Waals surface area contributed by atoms with E-state index in [1.807, 2.05) is 18.2 Å². The summed E-state index contributed by atoms with van der Waals surface area (Å²) in [5.74, 6) is 0.0631. The summed E-state index contributed by atoms with van der Waals surface area (Å²) in [6.45, 7) is 3.49. The van der Waals surface area contributed by atoms with Crippen molar-refractivity contribution in [2.75, 3.05) is 19.6 Å². The van der Waals surface area contributed by atoms with Gasteiger partial charge < -0.3 is 10.6 Å². The summed E-state index contributed by atoms with van der Waals surface area (Å²) >= 11 is 0. The summed E-state index contributed by atoms with van der Waals surface area (Å²) in [6.07, 6.45) is 5.46. The average molecular weight is 260 g/mol. The predicted molar refractivity (Wildman–Crippen MR) is 77.9 cm³/mol. The molecule has 1 amide bonds. The third-order valence-corrected chi connectivity index (χ3v) is 3.96. The molecule has 1 aromatic carbocycles. The number of likely N-dealkylation sites (tertiary alicyclic amines) is 1. The second kappa shape index (κ2) is 7.29. The summed E-state index contributed by atoms with van der Waals surface area (Å²) in [5, 5.41) is 0. The fourth-order valence-corrected chi connectivity index (χ4v) is 2.88. The molecule has 19 heavy (non-hydrogen) atoms. The maximum Gasteiger partial charge on any atom is 0.218 e. The number of nitrogens with zero attached hydrogens (tertiary/aromatic N) is 1. The van der Waals surface area contributed by atoms with E-state index in [-0.39, 0.29) is 11.8 Å². The Morgan fingerprint density at radius 3 is 2.47 bits per heavy atom. The smallest absolute Gasteiger partial charge is 0.218 e. The van der Waals surface area contributed by atoms with E-state index >= 15 is 0 Å². The van der Waals surface area contributed by atoms with Crippen molar-refractivity contribution in [1.29, 1.82) is 0 Å². The molecule has 0 spiro atoms. The molecule has 0 aliphatic carbocycles. The number of carbonyl (C=O) groups excluding carboxylic acids is 1. The van der Waals surface area contributed by atoms with Gasteiger partial charge in [-0.15, -0.1) is 0 Å². The van der Waals surface area contributed by atoms with Crippen LogP contribution in [0, 0.1) is 0 Å². The number of carbonyl (C=O) groups is 1. The fraction of sp³-hybridized carbons (Fsp3) is 0.562. The van der Waals surface area contributed by atoms with E-state index in [2.05, 4.69) is 17.0 Å². The molecule has 3 nitrogen and oxygen atoms in total. The number of hydrogen-bond donors (Lipinski definition) is 1. The number of piperidine rings is 1. The summed E-state index contributed by atoms with van der Waals surface area (Å²) in [7, 11) is 0. The number of primary amides is 1. The molecule has 0 radical (unpaired) electrons. The predicted octanol–water partition coefficient (Wildman–Crippen LogP) is 2.52. The molecule has 0 aromatic heterocycles. The highest BCUT2D eigenvalue weighted by Gasteiger charge is 2.17. The van der Waals surface area contributed by atoms with Crippen molar-refractivity contribution in [2.45, 2.75) is 38.0 Å². The fourth-order valence-electron chi connectivity index (χ4n) is 2.88. The molecule has 0 saturated carbocycles.